The Bertz CT molecular complexity index is 608. The van der Waals surface area contributed by atoms with Crippen LogP contribution in [0.5, 0.6) is 0 Å². The molecule has 1 atom stereocenters. The van der Waals surface area contributed by atoms with E-state index in [1.165, 1.54) is 30.0 Å². The van der Waals surface area contributed by atoms with Crippen molar-refractivity contribution in [3.63, 3.8) is 0 Å². The number of thiazole rings is 1. The molecular formula is C15H20N4S. The lowest BCUT2D eigenvalue weighted by molar-refractivity contribution is 0.248. The zero-order valence-electron chi connectivity index (χ0n) is 12.3. The number of likely N-dealkylation sites (N-methyl/N-ethyl adjacent to an activating group) is 1. The van der Waals surface area contributed by atoms with Crippen molar-refractivity contribution in [2.75, 3.05) is 20.1 Å². The largest absolute Gasteiger partial charge is 0.306 e. The molecule has 0 aromatic carbocycles. The van der Waals surface area contributed by atoms with Gasteiger partial charge in [0.15, 0.2) is 0 Å². The first-order valence-corrected chi connectivity index (χ1v) is 7.90. The van der Waals surface area contributed by atoms with E-state index in [0.29, 0.717) is 5.92 Å². The summed E-state index contributed by atoms with van der Waals surface area (Å²) in [7, 11) is 2.19. The van der Waals surface area contributed by atoms with E-state index < -0.39 is 0 Å². The van der Waals surface area contributed by atoms with Crippen LogP contribution in [0.15, 0.2) is 12.3 Å². The van der Waals surface area contributed by atoms with Gasteiger partial charge in [-0.25, -0.2) is 15.0 Å². The molecule has 2 aromatic heterocycles. The Kier molecular flexibility index (Phi) is 3.81. The molecule has 0 radical (unpaired) electrons. The van der Waals surface area contributed by atoms with Gasteiger partial charge < -0.3 is 4.90 Å². The molecule has 106 valence electrons. The van der Waals surface area contributed by atoms with Crippen molar-refractivity contribution in [2.45, 2.75) is 32.6 Å². The Balaban J connectivity index is 1.94. The van der Waals surface area contributed by atoms with Gasteiger partial charge in [-0.3, -0.25) is 0 Å². The molecule has 0 saturated carbocycles. The van der Waals surface area contributed by atoms with E-state index in [4.69, 9.17) is 0 Å². The predicted octanol–water partition coefficient (Wildman–Crippen LogP) is 3.03. The topological polar surface area (TPSA) is 41.9 Å². The molecule has 2 aromatic rings. The Hall–Kier alpha value is -1.33. The van der Waals surface area contributed by atoms with Gasteiger partial charge in [0.05, 0.1) is 0 Å². The fraction of sp³-hybridized carbons (Fsp3) is 0.533. The molecule has 1 saturated heterocycles. The Morgan fingerprint density at radius 2 is 2.15 bits per heavy atom. The van der Waals surface area contributed by atoms with Crippen LogP contribution in [-0.4, -0.2) is 40.0 Å². The molecule has 0 N–H and O–H groups in total. The number of rotatable bonds is 2. The van der Waals surface area contributed by atoms with Crippen molar-refractivity contribution in [1.29, 1.82) is 0 Å². The standard InChI is InChI=1S/C15H20N4S/c1-10-8-16-15(20-10)14-7-13(17-11(2)18-14)12-5-4-6-19(3)9-12/h7-8,12H,4-6,9H2,1-3H3. The SMILES string of the molecule is Cc1nc(-c2ncc(C)s2)cc(C2CCCN(C)C2)n1. The van der Waals surface area contributed by atoms with Crippen molar-refractivity contribution in [3.05, 3.63) is 28.7 Å². The van der Waals surface area contributed by atoms with Crippen LogP contribution in [0.2, 0.25) is 0 Å². The summed E-state index contributed by atoms with van der Waals surface area (Å²) in [6.45, 7) is 6.33. The lowest BCUT2D eigenvalue weighted by Gasteiger charge is -2.29. The first-order chi connectivity index (χ1) is 9.61. The third kappa shape index (κ3) is 2.88. The second-order valence-corrected chi connectivity index (χ2v) is 6.84. The molecule has 1 unspecified atom stereocenters. The summed E-state index contributed by atoms with van der Waals surface area (Å²) >= 11 is 1.69. The minimum atomic E-state index is 0.523. The summed E-state index contributed by atoms with van der Waals surface area (Å²) in [5, 5.41) is 0.999. The van der Waals surface area contributed by atoms with Crippen LogP contribution < -0.4 is 0 Å². The number of aromatic nitrogens is 3. The maximum absolute atomic E-state index is 4.66. The number of hydrogen-bond acceptors (Lipinski definition) is 5. The summed E-state index contributed by atoms with van der Waals surface area (Å²) in [6.07, 6.45) is 4.37. The molecule has 1 aliphatic rings. The Labute approximate surface area is 123 Å². The summed E-state index contributed by atoms with van der Waals surface area (Å²) < 4.78 is 0. The van der Waals surface area contributed by atoms with E-state index in [2.05, 4.69) is 39.9 Å². The zero-order chi connectivity index (χ0) is 14.1. The molecule has 0 bridgehead atoms. The molecule has 1 fully saturated rings. The smallest absolute Gasteiger partial charge is 0.142 e. The molecule has 0 amide bonds. The molecule has 1 aliphatic heterocycles. The highest BCUT2D eigenvalue weighted by Gasteiger charge is 2.21. The van der Waals surface area contributed by atoms with E-state index in [0.717, 1.165) is 23.1 Å². The van der Waals surface area contributed by atoms with Gasteiger partial charge in [-0.2, -0.15) is 0 Å². The van der Waals surface area contributed by atoms with Gasteiger partial charge in [0.2, 0.25) is 0 Å². The van der Waals surface area contributed by atoms with Gasteiger partial charge in [0, 0.05) is 29.2 Å². The second-order valence-electron chi connectivity index (χ2n) is 5.60. The van der Waals surface area contributed by atoms with Crippen LogP contribution in [-0.2, 0) is 0 Å². The fourth-order valence-electron chi connectivity index (χ4n) is 2.79. The number of hydrogen-bond donors (Lipinski definition) is 0. The van der Waals surface area contributed by atoms with Crippen LogP contribution >= 0.6 is 11.3 Å². The minimum absolute atomic E-state index is 0.523. The van der Waals surface area contributed by atoms with Crippen LogP contribution in [0.4, 0.5) is 0 Å². The molecule has 0 spiro atoms. The van der Waals surface area contributed by atoms with Gasteiger partial charge in [0.1, 0.15) is 16.5 Å². The molecular weight excluding hydrogens is 268 g/mol. The predicted molar refractivity (Wildman–Crippen MR) is 82.1 cm³/mol. The van der Waals surface area contributed by atoms with Crippen molar-refractivity contribution >= 4 is 11.3 Å². The summed E-state index contributed by atoms with van der Waals surface area (Å²) in [4.78, 5) is 17.3. The fourth-order valence-corrected chi connectivity index (χ4v) is 3.52. The minimum Gasteiger partial charge on any atom is -0.306 e. The van der Waals surface area contributed by atoms with Gasteiger partial charge in [-0.05, 0) is 46.3 Å². The third-order valence-electron chi connectivity index (χ3n) is 3.74. The molecule has 0 aliphatic carbocycles. The maximum Gasteiger partial charge on any atom is 0.142 e. The molecule has 4 nitrogen and oxygen atoms in total. The van der Waals surface area contributed by atoms with Gasteiger partial charge in [-0.1, -0.05) is 0 Å². The number of likely N-dealkylation sites (tertiary alicyclic amines) is 1. The summed E-state index contributed by atoms with van der Waals surface area (Å²) in [5.74, 6) is 1.37. The third-order valence-corrected chi connectivity index (χ3v) is 4.68. The van der Waals surface area contributed by atoms with Crippen LogP contribution in [0.25, 0.3) is 10.7 Å². The van der Waals surface area contributed by atoms with Gasteiger partial charge in [0.25, 0.3) is 0 Å². The lowest BCUT2D eigenvalue weighted by atomic mass is 9.94. The van der Waals surface area contributed by atoms with Crippen LogP contribution in [0.1, 0.15) is 35.2 Å². The zero-order valence-corrected chi connectivity index (χ0v) is 13.1. The van der Waals surface area contributed by atoms with Crippen molar-refractivity contribution in [2.24, 2.45) is 0 Å². The average molecular weight is 288 g/mol. The van der Waals surface area contributed by atoms with Crippen LogP contribution in [0, 0.1) is 13.8 Å². The quantitative estimate of drug-likeness (QED) is 0.852. The first-order valence-electron chi connectivity index (χ1n) is 7.09. The molecule has 3 heterocycles. The number of nitrogens with zero attached hydrogens (tertiary/aromatic N) is 4. The summed E-state index contributed by atoms with van der Waals surface area (Å²) in [6, 6.07) is 2.13. The molecule has 3 rings (SSSR count). The molecule has 20 heavy (non-hydrogen) atoms. The van der Waals surface area contributed by atoms with Crippen molar-refractivity contribution < 1.29 is 0 Å². The van der Waals surface area contributed by atoms with E-state index in [1.807, 2.05) is 13.1 Å². The van der Waals surface area contributed by atoms with Crippen LogP contribution in [0.3, 0.4) is 0 Å². The van der Waals surface area contributed by atoms with E-state index >= 15 is 0 Å². The van der Waals surface area contributed by atoms with Gasteiger partial charge in [-0.15, -0.1) is 11.3 Å². The highest BCUT2D eigenvalue weighted by molar-refractivity contribution is 7.14. The van der Waals surface area contributed by atoms with E-state index in [9.17, 15) is 0 Å². The number of piperidine rings is 1. The van der Waals surface area contributed by atoms with E-state index in [1.54, 1.807) is 11.3 Å². The second kappa shape index (κ2) is 5.58. The van der Waals surface area contributed by atoms with E-state index in [-0.39, 0.29) is 0 Å². The highest BCUT2D eigenvalue weighted by Crippen LogP contribution is 2.29. The Morgan fingerprint density at radius 1 is 1.30 bits per heavy atom. The lowest BCUT2D eigenvalue weighted by Crippen LogP contribution is -2.31. The molecule has 5 heteroatoms. The highest BCUT2D eigenvalue weighted by atomic mass is 32.1. The monoisotopic (exact) mass is 288 g/mol. The average Bonchev–Trinajstić information content (AvgIpc) is 2.85. The summed E-state index contributed by atoms with van der Waals surface area (Å²) in [5.41, 5.74) is 2.14. The maximum atomic E-state index is 4.66. The number of aryl methyl sites for hydroxylation is 2. The van der Waals surface area contributed by atoms with Gasteiger partial charge >= 0.3 is 0 Å². The normalized spacial score (nSPS) is 20.2. The van der Waals surface area contributed by atoms with Crippen molar-refractivity contribution in [3.8, 4) is 10.7 Å². The first kappa shape index (κ1) is 13.6. The Morgan fingerprint density at radius 3 is 2.85 bits per heavy atom. The van der Waals surface area contributed by atoms with Crippen molar-refractivity contribution in [1.82, 2.24) is 19.9 Å².